The number of rotatable bonds is 3. The van der Waals surface area contributed by atoms with E-state index in [1.165, 1.54) is 0 Å². The quantitative estimate of drug-likeness (QED) is 0.797. The molecule has 0 saturated heterocycles. The smallest absolute Gasteiger partial charge is 0.171 e. The molecule has 1 aromatic carbocycles. The molecule has 1 atom stereocenters. The SMILES string of the molecule is Cc1ccc(S(=N)(=O)NN=C2CCCC2)cc1. The summed E-state index contributed by atoms with van der Waals surface area (Å²) in [6.45, 7) is 1.96. The second-order valence-electron chi connectivity index (χ2n) is 4.35. The maximum absolute atomic E-state index is 12.1. The molecular weight excluding hydrogens is 234 g/mol. The minimum Gasteiger partial charge on any atom is -0.231 e. The lowest BCUT2D eigenvalue weighted by molar-refractivity contribution is 0.665. The molecule has 0 heterocycles. The average Bonchev–Trinajstić information content (AvgIpc) is 2.80. The lowest BCUT2D eigenvalue weighted by Gasteiger charge is -2.07. The van der Waals surface area contributed by atoms with Crippen LogP contribution in [0.4, 0.5) is 0 Å². The van der Waals surface area contributed by atoms with Gasteiger partial charge in [0.2, 0.25) is 0 Å². The number of hydrogen-bond acceptors (Lipinski definition) is 3. The van der Waals surface area contributed by atoms with Crippen molar-refractivity contribution in [3.63, 3.8) is 0 Å². The first kappa shape index (κ1) is 12.1. The minimum atomic E-state index is -3.00. The van der Waals surface area contributed by atoms with E-state index in [0.29, 0.717) is 4.90 Å². The molecule has 1 fully saturated rings. The molecule has 0 bridgehead atoms. The third kappa shape index (κ3) is 3.06. The highest BCUT2D eigenvalue weighted by Crippen LogP contribution is 2.15. The molecule has 4 nitrogen and oxygen atoms in total. The zero-order valence-corrected chi connectivity index (χ0v) is 10.7. The maximum Gasteiger partial charge on any atom is 0.171 e. The summed E-state index contributed by atoms with van der Waals surface area (Å²) < 4.78 is 19.9. The van der Waals surface area contributed by atoms with Crippen molar-refractivity contribution in [2.45, 2.75) is 37.5 Å². The van der Waals surface area contributed by atoms with Gasteiger partial charge in [-0.15, -0.1) is 0 Å². The van der Waals surface area contributed by atoms with Gasteiger partial charge in [0.25, 0.3) is 0 Å². The number of nitrogens with one attached hydrogen (secondary N) is 2. The molecule has 0 aromatic heterocycles. The Labute approximate surface area is 102 Å². The predicted molar refractivity (Wildman–Crippen MR) is 69.3 cm³/mol. The van der Waals surface area contributed by atoms with E-state index in [1.54, 1.807) is 12.1 Å². The molecule has 0 radical (unpaired) electrons. The van der Waals surface area contributed by atoms with Crippen molar-refractivity contribution >= 4 is 15.6 Å². The zero-order valence-electron chi connectivity index (χ0n) is 9.90. The van der Waals surface area contributed by atoms with Gasteiger partial charge in [0.15, 0.2) is 9.92 Å². The molecule has 1 aliphatic rings. The van der Waals surface area contributed by atoms with Crippen LogP contribution in [-0.2, 0) is 9.92 Å². The molecule has 0 aliphatic heterocycles. The van der Waals surface area contributed by atoms with Crippen LogP contribution in [0.25, 0.3) is 0 Å². The van der Waals surface area contributed by atoms with Crippen LogP contribution in [0.1, 0.15) is 31.2 Å². The van der Waals surface area contributed by atoms with E-state index in [2.05, 4.69) is 9.93 Å². The fourth-order valence-electron chi connectivity index (χ4n) is 1.81. The van der Waals surface area contributed by atoms with Crippen LogP contribution in [0.2, 0.25) is 0 Å². The number of nitrogens with zero attached hydrogens (tertiary/aromatic N) is 1. The minimum absolute atomic E-state index is 0.477. The lowest BCUT2D eigenvalue weighted by atomic mass is 10.2. The van der Waals surface area contributed by atoms with Gasteiger partial charge in [0.05, 0.1) is 4.90 Å². The van der Waals surface area contributed by atoms with Gasteiger partial charge >= 0.3 is 0 Å². The van der Waals surface area contributed by atoms with Crippen LogP contribution in [0.3, 0.4) is 0 Å². The fourth-order valence-corrected chi connectivity index (χ4v) is 2.69. The third-order valence-electron chi connectivity index (χ3n) is 2.87. The molecule has 1 saturated carbocycles. The molecule has 1 unspecified atom stereocenters. The van der Waals surface area contributed by atoms with Gasteiger partial charge in [-0.1, -0.05) is 17.7 Å². The summed E-state index contributed by atoms with van der Waals surface area (Å²) >= 11 is 0. The zero-order chi connectivity index (χ0) is 12.3. The van der Waals surface area contributed by atoms with Crippen LogP contribution >= 0.6 is 0 Å². The van der Waals surface area contributed by atoms with Gasteiger partial charge in [-0.25, -0.2) is 13.8 Å². The summed E-state index contributed by atoms with van der Waals surface area (Å²) in [6, 6.07) is 7.14. The summed E-state index contributed by atoms with van der Waals surface area (Å²) in [6.07, 6.45) is 4.20. The number of hydrazone groups is 1. The third-order valence-corrected chi connectivity index (χ3v) is 4.15. The normalized spacial score (nSPS) is 18.8. The van der Waals surface area contributed by atoms with Gasteiger partial charge in [-0.05, 0) is 44.7 Å². The molecule has 2 rings (SSSR count). The van der Waals surface area contributed by atoms with E-state index in [4.69, 9.17) is 4.78 Å². The Morgan fingerprint density at radius 3 is 2.41 bits per heavy atom. The first-order chi connectivity index (χ1) is 8.08. The number of aryl methyl sites for hydroxylation is 1. The van der Waals surface area contributed by atoms with Gasteiger partial charge in [0.1, 0.15) is 0 Å². The largest absolute Gasteiger partial charge is 0.231 e. The summed E-state index contributed by atoms with van der Waals surface area (Å²) in [7, 11) is -3.00. The van der Waals surface area contributed by atoms with Gasteiger partial charge in [0, 0.05) is 5.71 Å². The Bertz CT molecular complexity index is 509. The summed E-state index contributed by atoms with van der Waals surface area (Å²) in [5.74, 6) is 0. The van der Waals surface area contributed by atoms with Gasteiger partial charge in [-0.3, -0.25) is 0 Å². The van der Waals surface area contributed by atoms with E-state index in [1.807, 2.05) is 19.1 Å². The van der Waals surface area contributed by atoms with E-state index in [9.17, 15) is 4.21 Å². The Hall–Kier alpha value is -1.36. The second kappa shape index (κ2) is 4.87. The topological polar surface area (TPSA) is 65.3 Å². The standard InChI is InChI=1S/C12H17N3OS/c1-10-6-8-12(9-7-10)17(13,16)15-14-11-4-2-3-5-11/h6-9H,2-5H2,1H3,(H2,13,15,16). The Morgan fingerprint density at radius 1 is 1.24 bits per heavy atom. The first-order valence-electron chi connectivity index (χ1n) is 5.75. The lowest BCUT2D eigenvalue weighted by Crippen LogP contribution is -2.18. The predicted octanol–water partition coefficient (Wildman–Crippen LogP) is 2.84. The van der Waals surface area contributed by atoms with E-state index in [0.717, 1.165) is 37.0 Å². The molecule has 17 heavy (non-hydrogen) atoms. The molecule has 5 heteroatoms. The second-order valence-corrected chi connectivity index (χ2v) is 6.11. The Balaban J connectivity index is 2.13. The van der Waals surface area contributed by atoms with Crippen molar-refractivity contribution in [2.24, 2.45) is 5.10 Å². The summed E-state index contributed by atoms with van der Waals surface area (Å²) in [5.41, 5.74) is 2.11. The van der Waals surface area contributed by atoms with Gasteiger partial charge < -0.3 is 0 Å². The molecule has 2 N–H and O–H groups in total. The highest BCUT2D eigenvalue weighted by Gasteiger charge is 2.11. The maximum atomic E-state index is 12.1. The van der Waals surface area contributed by atoms with Crippen LogP contribution in [0, 0.1) is 11.7 Å². The van der Waals surface area contributed by atoms with Crippen molar-refractivity contribution < 1.29 is 4.21 Å². The van der Waals surface area contributed by atoms with Crippen LogP contribution in [0.15, 0.2) is 34.3 Å². The first-order valence-corrected chi connectivity index (χ1v) is 7.31. The monoisotopic (exact) mass is 251 g/mol. The molecule has 1 aromatic rings. The van der Waals surface area contributed by atoms with E-state index < -0.39 is 9.92 Å². The number of hydrogen-bond donors (Lipinski definition) is 2. The molecule has 0 amide bonds. The highest BCUT2D eigenvalue weighted by atomic mass is 32.2. The number of benzene rings is 1. The summed E-state index contributed by atoms with van der Waals surface area (Å²) in [5, 5.41) is 4.10. The molecule has 1 aliphatic carbocycles. The molecule has 92 valence electrons. The summed E-state index contributed by atoms with van der Waals surface area (Å²) in [4.78, 5) is 3.00. The average molecular weight is 251 g/mol. The van der Waals surface area contributed by atoms with Crippen molar-refractivity contribution in [2.75, 3.05) is 0 Å². The Morgan fingerprint density at radius 2 is 1.82 bits per heavy atom. The van der Waals surface area contributed by atoms with Crippen LogP contribution in [0.5, 0.6) is 0 Å². The van der Waals surface area contributed by atoms with Crippen molar-refractivity contribution in [1.29, 1.82) is 4.78 Å². The van der Waals surface area contributed by atoms with E-state index in [-0.39, 0.29) is 0 Å². The van der Waals surface area contributed by atoms with Crippen molar-refractivity contribution in [3.05, 3.63) is 29.8 Å². The molecule has 0 spiro atoms. The Kier molecular flexibility index (Phi) is 3.47. The van der Waals surface area contributed by atoms with E-state index >= 15 is 0 Å². The van der Waals surface area contributed by atoms with Crippen LogP contribution < -0.4 is 4.83 Å². The van der Waals surface area contributed by atoms with Crippen molar-refractivity contribution in [1.82, 2.24) is 4.83 Å². The fraction of sp³-hybridized carbons (Fsp3) is 0.417. The molecular formula is C12H17N3OS. The van der Waals surface area contributed by atoms with Crippen LogP contribution in [-0.4, -0.2) is 9.92 Å². The van der Waals surface area contributed by atoms with Crippen molar-refractivity contribution in [3.8, 4) is 0 Å². The highest BCUT2D eigenvalue weighted by molar-refractivity contribution is 7.90. The van der Waals surface area contributed by atoms with Gasteiger partial charge in [-0.2, -0.15) is 5.10 Å².